The Morgan fingerprint density at radius 3 is 2.75 bits per heavy atom. The molecule has 134 valence electrons. The minimum absolute atomic E-state index is 0.133. The average molecular weight is 352 g/mol. The molecule has 1 atom stereocenters. The zero-order chi connectivity index (χ0) is 17.3. The van der Waals surface area contributed by atoms with Gasteiger partial charge < -0.3 is 9.80 Å². The van der Waals surface area contributed by atoms with Crippen LogP contribution in [0.25, 0.3) is 0 Å². The second-order valence-corrected chi connectivity index (χ2v) is 8.52. The van der Waals surface area contributed by atoms with Gasteiger partial charge in [-0.2, -0.15) is 0 Å². The van der Waals surface area contributed by atoms with E-state index in [9.17, 15) is 4.79 Å². The number of likely N-dealkylation sites (N-methyl/N-ethyl adjacent to an activating group) is 1. The first-order chi connectivity index (χ1) is 11.4. The van der Waals surface area contributed by atoms with Gasteiger partial charge in [-0.15, -0.1) is 11.3 Å². The third kappa shape index (κ3) is 3.58. The van der Waals surface area contributed by atoms with Crippen molar-refractivity contribution in [3.05, 3.63) is 11.1 Å². The van der Waals surface area contributed by atoms with Gasteiger partial charge in [0.2, 0.25) is 5.91 Å². The number of piperazine rings is 1. The minimum atomic E-state index is 0.133. The lowest BCUT2D eigenvalue weighted by molar-refractivity contribution is -0.129. The Kier molecular flexibility index (Phi) is 5.13. The molecule has 1 spiro atoms. The Bertz CT molecular complexity index is 589. The van der Waals surface area contributed by atoms with Crippen molar-refractivity contribution in [3.63, 3.8) is 0 Å². The maximum absolute atomic E-state index is 12.1. The molecular weight excluding hydrogens is 322 g/mol. The topological polar surface area (TPSA) is 42.9 Å². The van der Waals surface area contributed by atoms with E-state index in [2.05, 4.69) is 26.7 Å². The Hall–Kier alpha value is -1.18. The average Bonchev–Trinajstić information content (AvgIpc) is 2.97. The largest absolute Gasteiger partial charge is 0.354 e. The van der Waals surface area contributed by atoms with Crippen LogP contribution in [0.2, 0.25) is 0 Å². The molecule has 1 aromatic rings. The molecule has 1 amide bonds. The lowest BCUT2D eigenvalue weighted by Gasteiger charge is -2.49. The quantitative estimate of drug-likeness (QED) is 0.822. The van der Waals surface area contributed by atoms with Crippen LogP contribution < -0.4 is 4.90 Å². The molecule has 0 saturated carbocycles. The van der Waals surface area contributed by atoms with E-state index in [1.54, 1.807) is 11.3 Å². The summed E-state index contributed by atoms with van der Waals surface area (Å²) in [4.78, 5) is 26.9. The molecule has 0 radical (unpaired) electrons. The number of likely N-dealkylation sites (tertiary alicyclic amines) is 1. The SMILES string of the molecule is CN1CC[C@@]2(CCC1=O)CN(Cc1cnc(N(C)C)s1)CCN2C. The van der Waals surface area contributed by atoms with Gasteiger partial charge >= 0.3 is 0 Å². The number of aromatic nitrogens is 1. The highest BCUT2D eigenvalue weighted by atomic mass is 32.1. The van der Waals surface area contributed by atoms with Gasteiger partial charge in [0, 0.05) is 76.9 Å². The van der Waals surface area contributed by atoms with Crippen molar-refractivity contribution in [2.24, 2.45) is 0 Å². The molecule has 3 rings (SSSR count). The van der Waals surface area contributed by atoms with Gasteiger partial charge in [0.25, 0.3) is 0 Å². The molecule has 6 nitrogen and oxygen atoms in total. The summed E-state index contributed by atoms with van der Waals surface area (Å²) < 4.78 is 0. The maximum atomic E-state index is 12.1. The van der Waals surface area contributed by atoms with Gasteiger partial charge in [-0.1, -0.05) is 0 Å². The highest BCUT2D eigenvalue weighted by Gasteiger charge is 2.41. The monoisotopic (exact) mass is 351 g/mol. The number of carbonyl (C=O) groups excluding carboxylic acids is 1. The number of thiazole rings is 1. The van der Waals surface area contributed by atoms with Crippen LogP contribution in [0.1, 0.15) is 24.1 Å². The van der Waals surface area contributed by atoms with Crippen molar-refractivity contribution < 1.29 is 4.79 Å². The number of amides is 1. The van der Waals surface area contributed by atoms with Crippen LogP contribution in [0.4, 0.5) is 5.13 Å². The highest BCUT2D eigenvalue weighted by Crippen LogP contribution is 2.33. The van der Waals surface area contributed by atoms with E-state index in [1.807, 2.05) is 32.2 Å². The number of carbonyl (C=O) groups is 1. The molecule has 0 N–H and O–H groups in total. The van der Waals surface area contributed by atoms with Crippen LogP contribution in [0.5, 0.6) is 0 Å². The van der Waals surface area contributed by atoms with E-state index < -0.39 is 0 Å². The second-order valence-electron chi connectivity index (χ2n) is 7.43. The van der Waals surface area contributed by atoms with Crippen LogP contribution >= 0.6 is 11.3 Å². The van der Waals surface area contributed by atoms with Gasteiger partial charge in [-0.3, -0.25) is 14.6 Å². The van der Waals surface area contributed by atoms with Gasteiger partial charge in [-0.05, 0) is 19.9 Å². The summed E-state index contributed by atoms with van der Waals surface area (Å²) in [7, 11) is 8.23. The van der Waals surface area contributed by atoms with Crippen molar-refractivity contribution in [3.8, 4) is 0 Å². The molecule has 7 heteroatoms. The van der Waals surface area contributed by atoms with Crippen LogP contribution in [0, 0.1) is 0 Å². The molecule has 0 aromatic carbocycles. The Morgan fingerprint density at radius 2 is 2.04 bits per heavy atom. The molecule has 2 saturated heterocycles. The number of anilines is 1. The lowest BCUT2D eigenvalue weighted by Crippen LogP contribution is -2.60. The van der Waals surface area contributed by atoms with Crippen LogP contribution in [-0.4, -0.2) is 85.5 Å². The summed E-state index contributed by atoms with van der Waals surface area (Å²) in [6, 6.07) is 0. The summed E-state index contributed by atoms with van der Waals surface area (Å²) in [6.45, 7) is 5.02. The molecule has 2 aliphatic rings. The Morgan fingerprint density at radius 1 is 1.25 bits per heavy atom. The lowest BCUT2D eigenvalue weighted by atomic mass is 9.86. The third-order valence-corrected chi connectivity index (χ3v) is 6.68. The van der Waals surface area contributed by atoms with Gasteiger partial charge in [-0.25, -0.2) is 4.98 Å². The van der Waals surface area contributed by atoms with Gasteiger partial charge in [0.15, 0.2) is 5.13 Å². The molecule has 0 aliphatic carbocycles. The number of hydrogen-bond acceptors (Lipinski definition) is 6. The normalized spacial score (nSPS) is 26.8. The molecular formula is C17H29N5OS. The Balaban J connectivity index is 1.69. The van der Waals surface area contributed by atoms with E-state index in [1.165, 1.54) is 4.88 Å². The summed E-state index contributed by atoms with van der Waals surface area (Å²) in [5, 5.41) is 1.07. The summed E-state index contributed by atoms with van der Waals surface area (Å²) in [6.07, 6.45) is 4.71. The first-order valence-electron chi connectivity index (χ1n) is 8.69. The Labute approximate surface area is 149 Å². The van der Waals surface area contributed by atoms with E-state index >= 15 is 0 Å². The molecule has 2 aliphatic heterocycles. The second kappa shape index (κ2) is 6.98. The van der Waals surface area contributed by atoms with Crippen molar-refractivity contribution >= 4 is 22.4 Å². The molecule has 0 bridgehead atoms. The third-order valence-electron chi connectivity index (χ3n) is 5.53. The zero-order valence-corrected chi connectivity index (χ0v) is 16.1. The smallest absolute Gasteiger partial charge is 0.222 e. The summed E-state index contributed by atoms with van der Waals surface area (Å²) >= 11 is 1.77. The van der Waals surface area contributed by atoms with E-state index in [4.69, 9.17) is 0 Å². The van der Waals surface area contributed by atoms with Crippen LogP contribution in [-0.2, 0) is 11.3 Å². The standard InChI is InChI=1S/C17H29N5OS/c1-19(2)16-18-11-14(24-16)12-22-10-9-21(4)17(13-22)6-5-15(23)20(3)8-7-17/h11H,5-10,12-13H2,1-4H3/t17-/m0/s1. The highest BCUT2D eigenvalue weighted by molar-refractivity contribution is 7.15. The predicted octanol–water partition coefficient (Wildman–Crippen LogP) is 1.34. The number of hydrogen-bond donors (Lipinski definition) is 0. The van der Waals surface area contributed by atoms with Gasteiger partial charge in [0.1, 0.15) is 0 Å². The molecule has 1 aromatic heterocycles. The van der Waals surface area contributed by atoms with Crippen molar-refractivity contribution in [2.45, 2.75) is 31.3 Å². The summed E-state index contributed by atoms with van der Waals surface area (Å²) in [5.41, 5.74) is 0.133. The number of rotatable bonds is 3. The van der Waals surface area contributed by atoms with Gasteiger partial charge in [0.05, 0.1) is 0 Å². The fraction of sp³-hybridized carbons (Fsp3) is 0.765. The molecule has 0 unspecified atom stereocenters. The molecule has 3 heterocycles. The minimum Gasteiger partial charge on any atom is -0.354 e. The van der Waals surface area contributed by atoms with Crippen molar-refractivity contribution in [1.29, 1.82) is 0 Å². The van der Waals surface area contributed by atoms with E-state index in [0.29, 0.717) is 6.42 Å². The van der Waals surface area contributed by atoms with E-state index in [-0.39, 0.29) is 11.4 Å². The van der Waals surface area contributed by atoms with Crippen molar-refractivity contribution in [1.82, 2.24) is 19.7 Å². The summed E-state index contributed by atoms with van der Waals surface area (Å²) in [5.74, 6) is 0.287. The van der Waals surface area contributed by atoms with Crippen LogP contribution in [0.3, 0.4) is 0 Å². The molecule has 24 heavy (non-hydrogen) atoms. The fourth-order valence-corrected chi connectivity index (χ4v) is 4.65. The fourth-order valence-electron chi connectivity index (χ4n) is 3.77. The predicted molar refractivity (Wildman–Crippen MR) is 98.6 cm³/mol. The van der Waals surface area contributed by atoms with Crippen molar-refractivity contribution in [2.75, 3.05) is 59.3 Å². The number of nitrogens with zero attached hydrogens (tertiary/aromatic N) is 5. The zero-order valence-electron chi connectivity index (χ0n) is 15.3. The first-order valence-corrected chi connectivity index (χ1v) is 9.51. The van der Waals surface area contributed by atoms with E-state index in [0.717, 1.165) is 50.7 Å². The van der Waals surface area contributed by atoms with Crippen LogP contribution in [0.15, 0.2) is 6.20 Å². The first kappa shape index (κ1) is 17.6. The maximum Gasteiger partial charge on any atom is 0.222 e. The molecule has 2 fully saturated rings.